The summed E-state index contributed by atoms with van der Waals surface area (Å²) in [5.41, 5.74) is 4.60. The lowest BCUT2D eigenvalue weighted by Gasteiger charge is -2.39. The number of amides is 1. The Balaban J connectivity index is 1.36. The van der Waals surface area contributed by atoms with Crippen LogP contribution in [-0.4, -0.2) is 56.8 Å². The highest BCUT2D eigenvalue weighted by atomic mass is 16.5. The summed E-state index contributed by atoms with van der Waals surface area (Å²) in [5, 5.41) is 3.54. The third-order valence-corrected chi connectivity index (χ3v) is 8.42. The number of hydrogen-bond donors (Lipinski definition) is 1. The number of ether oxygens (including phenoxy) is 2. The maximum atomic E-state index is 14.4. The molecule has 0 radical (unpaired) electrons. The van der Waals surface area contributed by atoms with Crippen molar-refractivity contribution in [2.24, 2.45) is 5.92 Å². The molecule has 1 saturated heterocycles. The highest BCUT2D eigenvalue weighted by Gasteiger charge is 2.42. The first kappa shape index (κ1) is 28.4. The molecule has 1 saturated carbocycles. The van der Waals surface area contributed by atoms with Crippen LogP contribution in [0.3, 0.4) is 0 Å². The first-order valence-electron chi connectivity index (χ1n) is 14.9. The van der Waals surface area contributed by atoms with E-state index < -0.39 is 0 Å². The van der Waals surface area contributed by atoms with Crippen molar-refractivity contribution in [1.29, 1.82) is 0 Å². The molecule has 1 amide bonds. The molecule has 5 nitrogen and oxygen atoms in total. The van der Waals surface area contributed by atoms with Crippen LogP contribution >= 0.6 is 0 Å². The van der Waals surface area contributed by atoms with Crippen molar-refractivity contribution in [3.8, 4) is 16.9 Å². The summed E-state index contributed by atoms with van der Waals surface area (Å²) < 4.78 is 11.4. The van der Waals surface area contributed by atoms with Gasteiger partial charge in [-0.2, -0.15) is 0 Å². The van der Waals surface area contributed by atoms with Gasteiger partial charge < -0.3 is 19.7 Å². The minimum atomic E-state index is -0.249. The Kier molecular flexibility index (Phi) is 9.23. The fourth-order valence-corrected chi connectivity index (χ4v) is 6.13. The molecule has 5 rings (SSSR count). The molecule has 0 aromatic heterocycles. The minimum Gasteiger partial charge on any atom is -0.493 e. The molecule has 5 heteroatoms. The summed E-state index contributed by atoms with van der Waals surface area (Å²) in [6.45, 7) is 8.13. The first-order chi connectivity index (χ1) is 19.5. The van der Waals surface area contributed by atoms with Gasteiger partial charge in [-0.1, -0.05) is 86.6 Å². The van der Waals surface area contributed by atoms with E-state index in [1.165, 1.54) is 16.7 Å². The Morgan fingerprint density at radius 3 is 2.45 bits per heavy atom. The number of carbonyl (C=O) groups is 1. The predicted molar refractivity (Wildman–Crippen MR) is 162 cm³/mol. The number of nitrogens with zero attached hydrogens (tertiary/aromatic N) is 1. The third-order valence-electron chi connectivity index (χ3n) is 8.42. The topological polar surface area (TPSA) is 50.8 Å². The zero-order valence-electron chi connectivity index (χ0n) is 24.3. The van der Waals surface area contributed by atoms with E-state index in [0.717, 1.165) is 50.1 Å². The SMILES string of the molecule is COCCCOc1ccccc1C(C)(C)CN(C(=O)[C@H]1CNCC[C@@H]1c1cccc(-c2ccccc2)c1)C1CC1. The lowest BCUT2D eigenvalue weighted by Crippen LogP contribution is -2.50. The van der Waals surface area contributed by atoms with E-state index in [2.05, 4.69) is 90.8 Å². The van der Waals surface area contributed by atoms with Crippen molar-refractivity contribution < 1.29 is 14.3 Å². The molecule has 3 aromatic rings. The number of piperidine rings is 1. The number of hydrogen-bond acceptors (Lipinski definition) is 4. The molecule has 0 unspecified atom stereocenters. The van der Waals surface area contributed by atoms with E-state index in [4.69, 9.17) is 9.47 Å². The summed E-state index contributed by atoms with van der Waals surface area (Å²) in [4.78, 5) is 16.6. The van der Waals surface area contributed by atoms with Crippen molar-refractivity contribution in [2.45, 2.75) is 56.9 Å². The largest absolute Gasteiger partial charge is 0.493 e. The van der Waals surface area contributed by atoms with Crippen LogP contribution in [0.15, 0.2) is 78.9 Å². The second-order valence-electron chi connectivity index (χ2n) is 12.0. The van der Waals surface area contributed by atoms with Gasteiger partial charge >= 0.3 is 0 Å². The molecule has 1 heterocycles. The molecule has 1 aliphatic carbocycles. The van der Waals surface area contributed by atoms with Gasteiger partial charge in [0.25, 0.3) is 0 Å². The Morgan fingerprint density at radius 2 is 1.68 bits per heavy atom. The van der Waals surface area contributed by atoms with Crippen molar-refractivity contribution in [3.63, 3.8) is 0 Å². The molecular formula is C35H44N2O3. The van der Waals surface area contributed by atoms with Crippen molar-refractivity contribution >= 4 is 5.91 Å². The zero-order chi connectivity index (χ0) is 28.0. The highest BCUT2D eigenvalue weighted by molar-refractivity contribution is 5.81. The Bertz CT molecular complexity index is 1250. The quantitative estimate of drug-likeness (QED) is 0.269. The van der Waals surface area contributed by atoms with Gasteiger partial charge in [-0.05, 0) is 54.5 Å². The van der Waals surface area contributed by atoms with Crippen LogP contribution in [0.4, 0.5) is 0 Å². The normalized spacial score (nSPS) is 19.3. The summed E-state index contributed by atoms with van der Waals surface area (Å²) in [7, 11) is 1.72. The number of methoxy groups -OCH3 is 1. The number of carbonyl (C=O) groups excluding carboxylic acids is 1. The summed E-state index contributed by atoms with van der Waals surface area (Å²) in [5.74, 6) is 1.33. The molecule has 212 valence electrons. The van der Waals surface area contributed by atoms with E-state index in [1.807, 2.05) is 12.1 Å². The Morgan fingerprint density at radius 1 is 0.925 bits per heavy atom. The maximum absolute atomic E-state index is 14.4. The maximum Gasteiger partial charge on any atom is 0.227 e. The summed E-state index contributed by atoms with van der Waals surface area (Å²) >= 11 is 0. The van der Waals surface area contributed by atoms with Crippen LogP contribution in [0, 0.1) is 5.92 Å². The lowest BCUT2D eigenvalue weighted by molar-refractivity contribution is -0.138. The molecule has 2 aliphatic rings. The fourth-order valence-electron chi connectivity index (χ4n) is 6.13. The van der Waals surface area contributed by atoms with Crippen molar-refractivity contribution in [2.75, 3.05) is 40.0 Å². The highest BCUT2D eigenvalue weighted by Crippen LogP contribution is 2.40. The van der Waals surface area contributed by atoms with Crippen LogP contribution in [0.5, 0.6) is 5.75 Å². The van der Waals surface area contributed by atoms with Crippen molar-refractivity contribution in [1.82, 2.24) is 10.2 Å². The number of nitrogens with one attached hydrogen (secondary N) is 1. The van der Waals surface area contributed by atoms with Gasteiger partial charge in [0.15, 0.2) is 0 Å². The molecule has 3 aromatic carbocycles. The van der Waals surface area contributed by atoms with Gasteiger partial charge in [0, 0.05) is 50.2 Å². The number of benzene rings is 3. The summed E-state index contributed by atoms with van der Waals surface area (Å²) in [6, 6.07) is 28.0. The monoisotopic (exact) mass is 540 g/mol. The van der Waals surface area contributed by atoms with E-state index in [9.17, 15) is 4.79 Å². The molecule has 1 N–H and O–H groups in total. The minimum absolute atomic E-state index is 0.0725. The molecule has 0 spiro atoms. The van der Waals surface area contributed by atoms with Crippen LogP contribution in [0.1, 0.15) is 56.6 Å². The number of para-hydroxylation sites is 1. The first-order valence-corrected chi connectivity index (χ1v) is 14.9. The molecular weight excluding hydrogens is 496 g/mol. The van der Waals surface area contributed by atoms with E-state index in [-0.39, 0.29) is 23.2 Å². The van der Waals surface area contributed by atoms with E-state index in [0.29, 0.717) is 25.8 Å². The van der Waals surface area contributed by atoms with Crippen LogP contribution in [-0.2, 0) is 14.9 Å². The van der Waals surface area contributed by atoms with Gasteiger partial charge in [-0.3, -0.25) is 4.79 Å². The van der Waals surface area contributed by atoms with Crippen LogP contribution < -0.4 is 10.1 Å². The van der Waals surface area contributed by atoms with Crippen LogP contribution in [0.2, 0.25) is 0 Å². The lowest BCUT2D eigenvalue weighted by atomic mass is 9.78. The van der Waals surface area contributed by atoms with Gasteiger partial charge in [0.2, 0.25) is 5.91 Å². The van der Waals surface area contributed by atoms with Crippen LogP contribution in [0.25, 0.3) is 11.1 Å². The number of rotatable bonds is 12. The summed E-state index contributed by atoms with van der Waals surface area (Å²) in [6.07, 6.45) is 3.99. The Hall–Kier alpha value is -3.15. The van der Waals surface area contributed by atoms with Gasteiger partial charge in [0.1, 0.15) is 5.75 Å². The molecule has 40 heavy (non-hydrogen) atoms. The average molecular weight is 541 g/mol. The molecule has 2 atom stereocenters. The predicted octanol–water partition coefficient (Wildman–Crippen LogP) is 6.43. The van der Waals surface area contributed by atoms with Gasteiger partial charge in [-0.15, -0.1) is 0 Å². The van der Waals surface area contributed by atoms with E-state index >= 15 is 0 Å². The molecule has 2 fully saturated rings. The van der Waals surface area contributed by atoms with E-state index in [1.54, 1.807) is 7.11 Å². The van der Waals surface area contributed by atoms with Gasteiger partial charge in [0.05, 0.1) is 12.5 Å². The third kappa shape index (κ3) is 6.76. The van der Waals surface area contributed by atoms with Crippen molar-refractivity contribution in [3.05, 3.63) is 90.0 Å². The standard InChI is InChI=1S/C35H44N2O3/c1-35(2,32-15-7-8-16-33(32)40-22-10-21-39-3)25-37(29-17-18-29)34(38)31-24-36-20-19-30(31)28-14-9-13-27(23-28)26-11-5-4-6-12-26/h4-9,11-16,23,29-31,36H,10,17-22,24-25H2,1-3H3/t30-,31+/m1/s1. The fraction of sp³-hybridized carbons (Fsp3) is 0.457. The second kappa shape index (κ2) is 13.0. The second-order valence-corrected chi connectivity index (χ2v) is 12.0. The molecule has 0 bridgehead atoms. The Labute approximate surface area is 239 Å². The average Bonchev–Trinajstić information content (AvgIpc) is 3.84. The van der Waals surface area contributed by atoms with Gasteiger partial charge in [-0.25, -0.2) is 0 Å². The zero-order valence-corrected chi connectivity index (χ0v) is 24.3. The smallest absolute Gasteiger partial charge is 0.227 e. The molecule has 1 aliphatic heterocycles.